The van der Waals surface area contributed by atoms with Crippen LogP contribution < -0.4 is 10.3 Å². The summed E-state index contributed by atoms with van der Waals surface area (Å²) in [6, 6.07) is 9.50. The number of anilines is 1. The van der Waals surface area contributed by atoms with Gasteiger partial charge in [-0.15, -0.1) is 0 Å². The lowest BCUT2D eigenvalue weighted by molar-refractivity contribution is 1.33. The highest BCUT2D eigenvalue weighted by Crippen LogP contribution is 2.12. The van der Waals surface area contributed by atoms with E-state index in [-0.39, 0.29) is 4.87 Å². The summed E-state index contributed by atoms with van der Waals surface area (Å²) in [4.78, 5) is 13.8. The lowest BCUT2D eigenvalue weighted by atomic mass is 10.3. The van der Waals surface area contributed by atoms with Crippen LogP contribution in [0.15, 0.2) is 40.2 Å². The monoisotopic (exact) mass is 253 g/mol. The second kappa shape index (κ2) is 4.96. The van der Waals surface area contributed by atoms with Crippen LogP contribution in [0.5, 0.6) is 0 Å². The molecule has 16 heavy (non-hydrogen) atoms. The maximum atomic E-state index is 10.9. The fourth-order valence-corrected chi connectivity index (χ4v) is 1.99. The molecule has 2 rings (SSSR count). The molecule has 0 aliphatic carbocycles. The van der Waals surface area contributed by atoms with Crippen molar-refractivity contribution in [1.82, 2.24) is 4.98 Å². The van der Waals surface area contributed by atoms with E-state index in [0.29, 0.717) is 10.0 Å². The molecule has 0 radical (unpaired) electrons. The zero-order valence-corrected chi connectivity index (χ0v) is 9.68. The van der Waals surface area contributed by atoms with E-state index in [1.807, 2.05) is 30.3 Å². The number of aromatic amines is 1. The smallest absolute Gasteiger partial charge is 0.303 e. The summed E-state index contributed by atoms with van der Waals surface area (Å²) in [5.74, 6) is 0. The van der Waals surface area contributed by atoms with Crippen molar-refractivity contribution in [2.24, 2.45) is 5.10 Å². The van der Waals surface area contributed by atoms with Crippen LogP contribution in [0.25, 0.3) is 0 Å². The van der Waals surface area contributed by atoms with Crippen molar-refractivity contribution in [3.05, 3.63) is 50.0 Å². The Hall–Kier alpha value is -1.59. The highest BCUT2D eigenvalue weighted by Gasteiger charge is 2.01. The number of halogens is 1. The minimum absolute atomic E-state index is 0.189. The number of hydrogen-bond acceptors (Lipinski definition) is 4. The average Bonchev–Trinajstić information content (AvgIpc) is 2.59. The maximum absolute atomic E-state index is 10.9. The van der Waals surface area contributed by atoms with Gasteiger partial charge in [-0.25, -0.2) is 0 Å². The molecule has 0 amide bonds. The number of aromatic nitrogens is 1. The Morgan fingerprint density at radius 1 is 1.38 bits per heavy atom. The van der Waals surface area contributed by atoms with Gasteiger partial charge in [0.2, 0.25) is 0 Å². The molecular weight excluding hydrogens is 246 g/mol. The lowest BCUT2D eigenvalue weighted by Gasteiger charge is -1.97. The standard InChI is InChI=1S/C10H8ClN3OS/c11-9-8(16-10(15)13-9)6-12-14-7-4-2-1-3-5-7/h1-6,14H,(H,13,15)/b12-6-. The van der Waals surface area contributed by atoms with E-state index in [2.05, 4.69) is 15.5 Å². The molecule has 1 aromatic carbocycles. The molecule has 0 spiro atoms. The molecule has 0 bridgehead atoms. The van der Waals surface area contributed by atoms with Crippen molar-refractivity contribution in [2.45, 2.75) is 0 Å². The first-order valence-electron chi connectivity index (χ1n) is 4.48. The van der Waals surface area contributed by atoms with Crippen LogP contribution in [0.3, 0.4) is 0 Å². The number of thiazole rings is 1. The molecule has 0 fully saturated rings. The van der Waals surface area contributed by atoms with Gasteiger partial charge in [-0.05, 0) is 12.1 Å². The second-order valence-electron chi connectivity index (χ2n) is 2.93. The highest BCUT2D eigenvalue weighted by atomic mass is 35.5. The molecular formula is C10H8ClN3OS. The summed E-state index contributed by atoms with van der Waals surface area (Å²) in [7, 11) is 0. The van der Waals surface area contributed by atoms with E-state index in [9.17, 15) is 4.79 Å². The fourth-order valence-electron chi connectivity index (χ4n) is 1.08. The molecule has 0 saturated heterocycles. The van der Waals surface area contributed by atoms with Crippen LogP contribution in [-0.2, 0) is 0 Å². The third-order valence-electron chi connectivity index (χ3n) is 1.78. The Morgan fingerprint density at radius 3 is 2.75 bits per heavy atom. The van der Waals surface area contributed by atoms with E-state index in [1.54, 1.807) is 0 Å². The van der Waals surface area contributed by atoms with Crippen LogP contribution in [0.2, 0.25) is 5.15 Å². The zero-order valence-electron chi connectivity index (χ0n) is 8.11. The van der Waals surface area contributed by atoms with Crippen LogP contribution >= 0.6 is 22.9 Å². The Bertz CT molecular complexity index is 547. The molecule has 4 nitrogen and oxygen atoms in total. The van der Waals surface area contributed by atoms with Gasteiger partial charge >= 0.3 is 4.87 Å². The van der Waals surface area contributed by atoms with E-state index in [1.165, 1.54) is 6.21 Å². The molecule has 0 saturated carbocycles. The number of hydrogen-bond donors (Lipinski definition) is 2. The van der Waals surface area contributed by atoms with E-state index >= 15 is 0 Å². The summed E-state index contributed by atoms with van der Waals surface area (Å²) < 4.78 is 0. The van der Waals surface area contributed by atoms with Gasteiger partial charge < -0.3 is 4.98 Å². The van der Waals surface area contributed by atoms with Gasteiger partial charge in [-0.1, -0.05) is 41.1 Å². The molecule has 1 aromatic heterocycles. The number of nitrogens with zero attached hydrogens (tertiary/aromatic N) is 1. The number of para-hydroxylation sites is 1. The zero-order chi connectivity index (χ0) is 11.4. The van der Waals surface area contributed by atoms with Crippen molar-refractivity contribution in [1.29, 1.82) is 0 Å². The predicted molar refractivity (Wildman–Crippen MR) is 67.6 cm³/mol. The van der Waals surface area contributed by atoms with Crippen LogP contribution in [0, 0.1) is 0 Å². The van der Waals surface area contributed by atoms with Gasteiger partial charge in [0.1, 0.15) is 5.15 Å². The largest absolute Gasteiger partial charge is 0.306 e. The van der Waals surface area contributed by atoms with E-state index in [4.69, 9.17) is 11.6 Å². The Morgan fingerprint density at radius 2 is 2.12 bits per heavy atom. The fraction of sp³-hybridized carbons (Fsp3) is 0. The molecule has 6 heteroatoms. The third kappa shape index (κ3) is 2.71. The van der Waals surface area contributed by atoms with E-state index < -0.39 is 0 Å². The molecule has 0 unspecified atom stereocenters. The minimum Gasteiger partial charge on any atom is -0.303 e. The molecule has 0 aliphatic heterocycles. The van der Waals surface area contributed by atoms with Crippen molar-refractivity contribution >= 4 is 34.8 Å². The molecule has 2 aromatic rings. The number of H-pyrrole nitrogens is 1. The van der Waals surface area contributed by atoms with Gasteiger partial charge in [0.05, 0.1) is 16.8 Å². The van der Waals surface area contributed by atoms with Gasteiger partial charge in [0.15, 0.2) is 0 Å². The SMILES string of the molecule is O=c1[nH]c(Cl)c(/C=N\Nc2ccccc2)s1. The number of benzene rings is 1. The topological polar surface area (TPSA) is 57.2 Å². The third-order valence-corrected chi connectivity index (χ3v) is 3.01. The Balaban J connectivity index is 2.06. The number of rotatable bonds is 3. The van der Waals surface area contributed by atoms with Crippen LogP contribution in [0.4, 0.5) is 5.69 Å². The minimum atomic E-state index is -0.189. The first kappa shape index (κ1) is 10.9. The summed E-state index contributed by atoms with van der Waals surface area (Å²) in [5, 5.41) is 4.29. The molecule has 0 aliphatic rings. The first-order chi connectivity index (χ1) is 7.75. The lowest BCUT2D eigenvalue weighted by Crippen LogP contribution is -1.89. The first-order valence-corrected chi connectivity index (χ1v) is 5.68. The molecule has 0 atom stereocenters. The van der Waals surface area contributed by atoms with Crippen LogP contribution in [-0.4, -0.2) is 11.2 Å². The summed E-state index contributed by atoms with van der Waals surface area (Å²) in [6.07, 6.45) is 1.51. The maximum Gasteiger partial charge on any atom is 0.306 e. The van der Waals surface area contributed by atoms with E-state index in [0.717, 1.165) is 17.0 Å². The number of hydrazone groups is 1. The normalized spacial score (nSPS) is 10.8. The number of nitrogens with one attached hydrogen (secondary N) is 2. The van der Waals surface area contributed by atoms with Gasteiger partial charge in [-0.3, -0.25) is 10.2 Å². The van der Waals surface area contributed by atoms with Gasteiger partial charge in [-0.2, -0.15) is 5.10 Å². The highest BCUT2D eigenvalue weighted by molar-refractivity contribution is 7.11. The van der Waals surface area contributed by atoms with Crippen molar-refractivity contribution < 1.29 is 0 Å². The molecule has 1 heterocycles. The van der Waals surface area contributed by atoms with Gasteiger partial charge in [0.25, 0.3) is 0 Å². The Kier molecular flexibility index (Phi) is 3.38. The van der Waals surface area contributed by atoms with Crippen molar-refractivity contribution in [3.8, 4) is 0 Å². The van der Waals surface area contributed by atoms with Gasteiger partial charge in [0, 0.05) is 0 Å². The predicted octanol–water partition coefficient (Wildman–Crippen LogP) is 2.54. The molecule has 2 N–H and O–H groups in total. The second-order valence-corrected chi connectivity index (χ2v) is 4.32. The molecule has 82 valence electrons. The summed E-state index contributed by atoms with van der Waals surface area (Å²) in [5.41, 5.74) is 3.70. The average molecular weight is 254 g/mol. The van der Waals surface area contributed by atoms with Crippen LogP contribution in [0.1, 0.15) is 4.88 Å². The van der Waals surface area contributed by atoms with Crippen molar-refractivity contribution in [2.75, 3.05) is 5.43 Å². The quantitative estimate of drug-likeness (QED) is 0.652. The Labute approximate surface area is 101 Å². The summed E-state index contributed by atoms with van der Waals surface area (Å²) in [6.45, 7) is 0. The summed E-state index contributed by atoms with van der Waals surface area (Å²) >= 11 is 6.78. The van der Waals surface area contributed by atoms with Crippen molar-refractivity contribution in [3.63, 3.8) is 0 Å².